The fourth-order valence-electron chi connectivity index (χ4n) is 1.82. The van der Waals surface area contributed by atoms with Crippen LogP contribution in [-0.4, -0.2) is 43.8 Å². The molecule has 1 aliphatic rings. The standard InChI is InChI=1S/C13H18N2O3/c1-2-17-11-5-3-4-6-12(11)18-13(16)15-9-7-14-8-10-15/h3-6,14H,2,7-10H2,1H3. The van der Waals surface area contributed by atoms with Crippen molar-refractivity contribution in [3.8, 4) is 11.5 Å². The number of hydrogen-bond donors (Lipinski definition) is 1. The summed E-state index contributed by atoms with van der Waals surface area (Å²) in [5, 5.41) is 3.19. The van der Waals surface area contributed by atoms with Crippen LogP contribution < -0.4 is 14.8 Å². The molecular formula is C13H18N2O3. The summed E-state index contributed by atoms with van der Waals surface area (Å²) < 4.78 is 10.8. The van der Waals surface area contributed by atoms with Crippen LogP contribution in [0, 0.1) is 0 Å². The van der Waals surface area contributed by atoms with Gasteiger partial charge in [-0.2, -0.15) is 0 Å². The zero-order chi connectivity index (χ0) is 12.8. The molecule has 0 unspecified atom stereocenters. The molecule has 1 amide bonds. The Labute approximate surface area is 107 Å². The van der Waals surface area contributed by atoms with E-state index in [0.29, 0.717) is 31.2 Å². The third-order valence-electron chi connectivity index (χ3n) is 2.72. The van der Waals surface area contributed by atoms with Crippen molar-refractivity contribution in [2.75, 3.05) is 32.8 Å². The van der Waals surface area contributed by atoms with Crippen LogP contribution >= 0.6 is 0 Å². The zero-order valence-electron chi connectivity index (χ0n) is 10.5. The van der Waals surface area contributed by atoms with Gasteiger partial charge in [0.25, 0.3) is 0 Å². The summed E-state index contributed by atoms with van der Waals surface area (Å²) in [6, 6.07) is 7.21. The average molecular weight is 250 g/mol. The Kier molecular flexibility index (Phi) is 4.41. The van der Waals surface area contributed by atoms with Crippen LogP contribution in [-0.2, 0) is 0 Å². The summed E-state index contributed by atoms with van der Waals surface area (Å²) in [6.07, 6.45) is -0.316. The first kappa shape index (κ1) is 12.7. The van der Waals surface area contributed by atoms with Gasteiger partial charge in [-0.15, -0.1) is 0 Å². The fraction of sp³-hybridized carbons (Fsp3) is 0.462. The summed E-state index contributed by atoms with van der Waals surface area (Å²) in [5.74, 6) is 1.08. The van der Waals surface area contributed by atoms with E-state index in [4.69, 9.17) is 9.47 Å². The highest BCUT2D eigenvalue weighted by Gasteiger charge is 2.19. The number of para-hydroxylation sites is 2. The number of benzene rings is 1. The Bertz CT molecular complexity index is 403. The molecule has 0 aromatic heterocycles. The van der Waals surface area contributed by atoms with Crippen LogP contribution in [0.1, 0.15) is 6.92 Å². The van der Waals surface area contributed by atoms with Gasteiger partial charge in [0.2, 0.25) is 0 Å². The molecule has 5 nitrogen and oxygen atoms in total. The Morgan fingerprint density at radius 1 is 1.28 bits per heavy atom. The normalized spacial score (nSPS) is 15.3. The minimum absolute atomic E-state index is 0.316. The molecule has 5 heteroatoms. The van der Waals surface area contributed by atoms with Gasteiger partial charge in [-0.3, -0.25) is 0 Å². The Hall–Kier alpha value is -1.75. The second-order valence-electron chi connectivity index (χ2n) is 3.98. The number of amides is 1. The highest BCUT2D eigenvalue weighted by Crippen LogP contribution is 2.26. The van der Waals surface area contributed by atoms with Crippen molar-refractivity contribution in [2.45, 2.75) is 6.92 Å². The number of hydrogen-bond acceptors (Lipinski definition) is 4. The molecule has 1 saturated heterocycles. The van der Waals surface area contributed by atoms with Gasteiger partial charge in [0.05, 0.1) is 6.61 Å². The zero-order valence-corrected chi connectivity index (χ0v) is 10.5. The molecule has 0 atom stereocenters. The first-order chi connectivity index (χ1) is 8.81. The molecule has 1 aromatic rings. The van der Waals surface area contributed by atoms with Crippen molar-refractivity contribution in [1.29, 1.82) is 0 Å². The number of rotatable bonds is 3. The van der Waals surface area contributed by atoms with Gasteiger partial charge < -0.3 is 19.7 Å². The van der Waals surface area contributed by atoms with E-state index in [9.17, 15) is 4.79 Å². The van der Waals surface area contributed by atoms with E-state index < -0.39 is 0 Å². The van der Waals surface area contributed by atoms with Gasteiger partial charge in [0, 0.05) is 26.2 Å². The van der Waals surface area contributed by atoms with Crippen molar-refractivity contribution in [1.82, 2.24) is 10.2 Å². The largest absolute Gasteiger partial charge is 0.490 e. The molecule has 98 valence electrons. The predicted octanol–water partition coefficient (Wildman–Crippen LogP) is 1.49. The maximum absolute atomic E-state index is 11.9. The fourth-order valence-corrected chi connectivity index (χ4v) is 1.82. The lowest BCUT2D eigenvalue weighted by molar-refractivity contribution is 0.144. The second kappa shape index (κ2) is 6.26. The van der Waals surface area contributed by atoms with Gasteiger partial charge in [0.1, 0.15) is 0 Å². The number of carbonyl (C=O) groups is 1. The number of nitrogens with one attached hydrogen (secondary N) is 1. The van der Waals surface area contributed by atoms with Gasteiger partial charge in [-0.05, 0) is 19.1 Å². The maximum Gasteiger partial charge on any atom is 0.415 e. The lowest BCUT2D eigenvalue weighted by Crippen LogP contribution is -2.47. The molecule has 1 aromatic carbocycles. The number of ether oxygens (including phenoxy) is 2. The quantitative estimate of drug-likeness (QED) is 0.883. The molecule has 1 N–H and O–H groups in total. The number of nitrogens with zero attached hydrogens (tertiary/aromatic N) is 1. The van der Waals surface area contributed by atoms with Crippen molar-refractivity contribution >= 4 is 6.09 Å². The van der Waals surface area contributed by atoms with E-state index in [0.717, 1.165) is 13.1 Å². The van der Waals surface area contributed by atoms with E-state index in [1.54, 1.807) is 17.0 Å². The smallest absolute Gasteiger partial charge is 0.415 e. The first-order valence-corrected chi connectivity index (χ1v) is 6.20. The minimum Gasteiger partial charge on any atom is -0.490 e. The van der Waals surface area contributed by atoms with Crippen molar-refractivity contribution < 1.29 is 14.3 Å². The summed E-state index contributed by atoms with van der Waals surface area (Å²) in [6.45, 7) is 5.41. The van der Waals surface area contributed by atoms with Crippen molar-refractivity contribution in [2.24, 2.45) is 0 Å². The topological polar surface area (TPSA) is 50.8 Å². The monoisotopic (exact) mass is 250 g/mol. The molecule has 0 bridgehead atoms. The molecule has 18 heavy (non-hydrogen) atoms. The highest BCUT2D eigenvalue weighted by molar-refractivity contribution is 5.71. The number of carbonyl (C=O) groups excluding carboxylic acids is 1. The first-order valence-electron chi connectivity index (χ1n) is 6.20. The van der Waals surface area contributed by atoms with Crippen molar-refractivity contribution in [3.05, 3.63) is 24.3 Å². The molecule has 0 spiro atoms. The van der Waals surface area contributed by atoms with E-state index in [1.807, 2.05) is 19.1 Å². The summed E-state index contributed by atoms with van der Waals surface area (Å²) in [4.78, 5) is 13.6. The SMILES string of the molecule is CCOc1ccccc1OC(=O)N1CCNCC1. The molecule has 1 heterocycles. The van der Waals surface area contributed by atoms with Gasteiger partial charge in [-0.25, -0.2) is 4.79 Å². The number of piperazine rings is 1. The molecule has 1 fully saturated rings. The van der Waals surface area contributed by atoms with E-state index in [2.05, 4.69) is 5.32 Å². The Balaban J connectivity index is 2.01. The third kappa shape index (κ3) is 3.13. The van der Waals surface area contributed by atoms with E-state index in [-0.39, 0.29) is 6.09 Å². The molecule has 0 aliphatic carbocycles. The lowest BCUT2D eigenvalue weighted by Gasteiger charge is -2.26. The van der Waals surface area contributed by atoms with E-state index in [1.165, 1.54) is 0 Å². The minimum atomic E-state index is -0.316. The highest BCUT2D eigenvalue weighted by atomic mass is 16.6. The second-order valence-corrected chi connectivity index (χ2v) is 3.98. The van der Waals surface area contributed by atoms with E-state index >= 15 is 0 Å². The molecule has 0 radical (unpaired) electrons. The van der Waals surface area contributed by atoms with Crippen LogP contribution in [0.15, 0.2) is 24.3 Å². The molecule has 1 aliphatic heterocycles. The van der Waals surface area contributed by atoms with Crippen molar-refractivity contribution in [3.63, 3.8) is 0 Å². The molecule has 2 rings (SSSR count). The van der Waals surface area contributed by atoms with Crippen LogP contribution in [0.4, 0.5) is 4.79 Å². The predicted molar refractivity (Wildman–Crippen MR) is 68.1 cm³/mol. The maximum atomic E-state index is 11.9. The third-order valence-corrected chi connectivity index (χ3v) is 2.72. The summed E-state index contributed by atoms with van der Waals surface area (Å²) in [5.41, 5.74) is 0. The van der Waals surface area contributed by atoms with Crippen LogP contribution in [0.3, 0.4) is 0 Å². The van der Waals surface area contributed by atoms with Crippen LogP contribution in [0.5, 0.6) is 11.5 Å². The average Bonchev–Trinajstić information content (AvgIpc) is 2.42. The van der Waals surface area contributed by atoms with Gasteiger partial charge in [0.15, 0.2) is 11.5 Å². The van der Waals surface area contributed by atoms with Crippen LogP contribution in [0.2, 0.25) is 0 Å². The summed E-state index contributed by atoms with van der Waals surface area (Å²) >= 11 is 0. The Morgan fingerprint density at radius 3 is 2.61 bits per heavy atom. The Morgan fingerprint density at radius 2 is 1.94 bits per heavy atom. The molecular weight excluding hydrogens is 232 g/mol. The van der Waals surface area contributed by atoms with Crippen LogP contribution in [0.25, 0.3) is 0 Å². The summed E-state index contributed by atoms with van der Waals surface area (Å²) in [7, 11) is 0. The van der Waals surface area contributed by atoms with Gasteiger partial charge >= 0.3 is 6.09 Å². The lowest BCUT2D eigenvalue weighted by atomic mass is 10.3. The molecule has 0 saturated carbocycles. The van der Waals surface area contributed by atoms with Gasteiger partial charge in [-0.1, -0.05) is 12.1 Å².